The summed E-state index contributed by atoms with van der Waals surface area (Å²) in [6.45, 7) is 10.3. The van der Waals surface area contributed by atoms with Gasteiger partial charge in [-0.2, -0.15) is 0 Å². The molecule has 1 saturated carbocycles. The van der Waals surface area contributed by atoms with Gasteiger partial charge in [-0.1, -0.05) is 48.3 Å². The van der Waals surface area contributed by atoms with Gasteiger partial charge in [-0.25, -0.2) is 9.18 Å². The van der Waals surface area contributed by atoms with E-state index in [2.05, 4.69) is 19.6 Å². The van der Waals surface area contributed by atoms with Crippen molar-refractivity contribution in [3.63, 3.8) is 0 Å². The first-order valence-electron chi connectivity index (χ1n) is 22.4. The molecule has 7 rings (SSSR count). The van der Waals surface area contributed by atoms with Gasteiger partial charge in [-0.3, -0.25) is 15.0 Å². The Kier molecular flexibility index (Phi) is 15.3. The smallest absolute Gasteiger partial charge is 0.416 e. The molecule has 0 radical (unpaired) electrons. The molecule has 0 bridgehead atoms. The molecule has 65 heavy (non-hydrogen) atoms. The van der Waals surface area contributed by atoms with E-state index < -0.39 is 34.6 Å². The van der Waals surface area contributed by atoms with Crippen LogP contribution in [0.4, 0.5) is 14.9 Å². The third kappa shape index (κ3) is 10.4. The van der Waals surface area contributed by atoms with Crippen molar-refractivity contribution in [2.75, 3.05) is 26.4 Å². The zero-order valence-electron chi connectivity index (χ0n) is 37.2. The van der Waals surface area contributed by atoms with E-state index in [0.29, 0.717) is 41.4 Å². The number of hydrogen-bond acceptors (Lipinski definition) is 11. The van der Waals surface area contributed by atoms with E-state index in [4.69, 9.17) is 28.9 Å². The van der Waals surface area contributed by atoms with Crippen molar-refractivity contribution in [2.24, 2.45) is 22.9 Å². The molecule has 14 heteroatoms. The summed E-state index contributed by atoms with van der Waals surface area (Å²) in [4.78, 5) is 33.2. The highest BCUT2D eigenvalue weighted by atomic mass is 19.1. The van der Waals surface area contributed by atoms with Crippen LogP contribution in [0.5, 0.6) is 23.0 Å². The fourth-order valence-corrected chi connectivity index (χ4v) is 9.65. The summed E-state index contributed by atoms with van der Waals surface area (Å²) in [5.74, 6) is -1.12. The Morgan fingerprint density at radius 1 is 0.954 bits per heavy atom. The summed E-state index contributed by atoms with van der Waals surface area (Å²) < 4.78 is 41.3. The molecule has 0 aromatic heterocycles. The predicted molar refractivity (Wildman–Crippen MR) is 244 cm³/mol. The van der Waals surface area contributed by atoms with Crippen LogP contribution in [0.2, 0.25) is 0 Å². The lowest BCUT2D eigenvalue weighted by Gasteiger charge is -2.59. The number of unbranched alkanes of at least 4 members (excludes halogenated alkanes) is 2. The summed E-state index contributed by atoms with van der Waals surface area (Å²) in [7, 11) is 0. The molecule has 3 aliphatic rings. The summed E-state index contributed by atoms with van der Waals surface area (Å²) >= 11 is 0. The van der Waals surface area contributed by atoms with Crippen LogP contribution in [0.1, 0.15) is 80.0 Å². The number of carbonyl (C=O) groups is 1. The van der Waals surface area contributed by atoms with Gasteiger partial charge >= 0.3 is 6.09 Å². The van der Waals surface area contributed by atoms with Crippen LogP contribution in [-0.2, 0) is 16.1 Å². The van der Waals surface area contributed by atoms with E-state index >= 15 is 0 Å². The minimum atomic E-state index is -1.61. The van der Waals surface area contributed by atoms with Gasteiger partial charge in [-0.05, 0) is 135 Å². The van der Waals surface area contributed by atoms with E-state index in [-0.39, 0.29) is 68.6 Å². The third-order valence-corrected chi connectivity index (χ3v) is 12.8. The maximum atomic E-state index is 14.9. The molecule has 1 amide bonds. The number of ether oxygens (including phenoxy) is 4. The SMILES string of the molecule is C=CCOC12Oc3ccc(Oc4ccc(C)c(C)c4)cc3C3C(CCCCO)C(CCCCO)C=C(C(=NOCC)CC1N(Cc1ccc(F)cc1)C(=O)Oc1ccc([N+](=O)[O-])cc1)C32. The first kappa shape index (κ1) is 46.9. The van der Waals surface area contributed by atoms with Crippen molar-refractivity contribution in [3.05, 3.63) is 147 Å². The van der Waals surface area contributed by atoms with Crippen LogP contribution >= 0.6 is 0 Å². The quantitative estimate of drug-likeness (QED) is 0.0378. The van der Waals surface area contributed by atoms with E-state index in [0.717, 1.165) is 47.9 Å². The van der Waals surface area contributed by atoms with Crippen molar-refractivity contribution in [1.29, 1.82) is 0 Å². The average molecular weight is 892 g/mol. The van der Waals surface area contributed by atoms with Crippen molar-refractivity contribution in [2.45, 2.75) is 90.0 Å². The van der Waals surface area contributed by atoms with Crippen LogP contribution in [0.25, 0.3) is 0 Å². The fraction of sp³-hybridized carbons (Fsp3) is 0.412. The summed E-state index contributed by atoms with van der Waals surface area (Å²) in [5.41, 5.74) is 4.99. The molecule has 1 fully saturated rings. The Labute approximate surface area is 379 Å². The first-order valence-corrected chi connectivity index (χ1v) is 22.4. The van der Waals surface area contributed by atoms with Gasteiger partial charge in [0.25, 0.3) is 5.69 Å². The number of benzene rings is 4. The molecule has 13 nitrogen and oxygen atoms in total. The lowest BCUT2D eigenvalue weighted by molar-refractivity contribution is -0.384. The summed E-state index contributed by atoms with van der Waals surface area (Å²) in [6, 6.07) is 21.8. The summed E-state index contributed by atoms with van der Waals surface area (Å²) in [5, 5.41) is 36.1. The molecular weight excluding hydrogens is 834 g/mol. The lowest BCUT2D eigenvalue weighted by atomic mass is 9.55. The highest BCUT2D eigenvalue weighted by molar-refractivity contribution is 6.03. The van der Waals surface area contributed by atoms with Crippen LogP contribution in [-0.4, -0.2) is 70.1 Å². The Morgan fingerprint density at radius 2 is 1.65 bits per heavy atom. The highest BCUT2D eigenvalue weighted by Gasteiger charge is 2.65. The second kappa shape index (κ2) is 21.3. The number of fused-ring (bicyclic) bond motifs is 2. The van der Waals surface area contributed by atoms with Gasteiger partial charge in [0.2, 0.25) is 5.79 Å². The molecule has 344 valence electrons. The molecule has 4 aromatic carbocycles. The Hall–Kier alpha value is -6.09. The maximum Gasteiger partial charge on any atom is 0.416 e. The first-order chi connectivity index (χ1) is 31.5. The Morgan fingerprint density at radius 3 is 2.32 bits per heavy atom. The van der Waals surface area contributed by atoms with Gasteiger partial charge < -0.3 is 34.0 Å². The van der Waals surface area contributed by atoms with Gasteiger partial charge in [0.05, 0.1) is 23.2 Å². The number of amides is 1. The van der Waals surface area contributed by atoms with Gasteiger partial charge in [0, 0.05) is 49.8 Å². The second-order valence-corrected chi connectivity index (χ2v) is 16.9. The van der Waals surface area contributed by atoms with Gasteiger partial charge in [-0.15, -0.1) is 6.58 Å². The predicted octanol–water partition coefficient (Wildman–Crippen LogP) is 10.5. The third-order valence-electron chi connectivity index (χ3n) is 12.8. The Balaban J connectivity index is 1.45. The number of hydrogen-bond donors (Lipinski definition) is 2. The molecule has 1 heterocycles. The molecule has 6 atom stereocenters. The molecule has 6 unspecified atom stereocenters. The fourth-order valence-electron chi connectivity index (χ4n) is 9.65. The van der Waals surface area contributed by atoms with Crippen molar-refractivity contribution < 1.29 is 48.1 Å². The highest BCUT2D eigenvalue weighted by Crippen LogP contribution is 2.62. The number of nitro groups is 1. The number of non-ortho nitro benzene ring substituents is 1. The largest absolute Gasteiger partial charge is 0.459 e. The Bertz CT molecular complexity index is 2370. The van der Waals surface area contributed by atoms with Crippen LogP contribution < -0.4 is 14.2 Å². The van der Waals surface area contributed by atoms with E-state index in [1.165, 1.54) is 41.3 Å². The monoisotopic (exact) mass is 891 g/mol. The number of rotatable bonds is 20. The van der Waals surface area contributed by atoms with Crippen molar-refractivity contribution in [3.8, 4) is 23.0 Å². The molecule has 2 aliphatic carbocycles. The number of aryl methyl sites for hydroxylation is 2. The lowest BCUT2D eigenvalue weighted by Crippen LogP contribution is -2.70. The molecule has 1 aliphatic heterocycles. The van der Waals surface area contributed by atoms with Gasteiger partial charge in [0.15, 0.2) is 0 Å². The summed E-state index contributed by atoms with van der Waals surface area (Å²) in [6.07, 6.45) is 7.42. The standard InChI is InChI=1S/C51H58FN3O10/c1-5-27-61-51-47(54(32-35-14-16-37(52)17-15-35)50(58)64-39-21-18-38(19-22-39)55(59)60)31-45(53-62-6-2)43-29-36(11-7-9-25-56)42(12-8-10-26-57)48(49(43)51)44-30-41(23-24-46(44)65-51)63-40-20-13-33(3)34(4)28-40/h5,13-24,28-30,36,42,47-49,56-57H,1,6-12,25-27,31-32H2,2-4H3. The number of carbonyl (C=O) groups excluding carboxylic acids is 1. The maximum absolute atomic E-state index is 14.9. The van der Waals surface area contributed by atoms with Crippen LogP contribution in [0.3, 0.4) is 0 Å². The number of aliphatic hydroxyl groups is 2. The normalized spacial score (nSPS) is 22.5. The zero-order chi connectivity index (χ0) is 46.1. The topological polar surface area (TPSA) is 162 Å². The van der Waals surface area contributed by atoms with E-state index in [9.17, 15) is 29.5 Å². The molecule has 2 N–H and O–H groups in total. The van der Waals surface area contributed by atoms with Gasteiger partial charge in [0.1, 0.15) is 41.5 Å². The van der Waals surface area contributed by atoms with Crippen molar-refractivity contribution >= 4 is 17.5 Å². The van der Waals surface area contributed by atoms with Crippen molar-refractivity contribution in [1.82, 2.24) is 4.90 Å². The zero-order valence-corrected chi connectivity index (χ0v) is 37.2. The minimum Gasteiger partial charge on any atom is -0.459 e. The minimum absolute atomic E-state index is 0.00895. The number of aliphatic hydroxyl groups excluding tert-OH is 2. The molecule has 0 spiro atoms. The molecule has 0 saturated heterocycles. The van der Waals surface area contributed by atoms with E-state index in [1.54, 1.807) is 18.2 Å². The molecular formula is C51H58FN3O10. The number of nitro benzene ring substituents is 1. The number of halogens is 1. The number of oxime groups is 1. The van der Waals surface area contributed by atoms with Crippen LogP contribution in [0, 0.1) is 47.5 Å². The average Bonchev–Trinajstić information content (AvgIpc) is 3.30. The molecule has 4 aromatic rings. The van der Waals surface area contributed by atoms with E-state index in [1.807, 2.05) is 50.2 Å². The van der Waals surface area contributed by atoms with Crippen LogP contribution in [0.15, 0.2) is 114 Å². The number of allylic oxidation sites excluding steroid dienone is 1. The number of nitrogens with zero attached hydrogens (tertiary/aromatic N) is 3. The second-order valence-electron chi connectivity index (χ2n) is 16.9.